The second-order valence-electron chi connectivity index (χ2n) is 8.06. The molecular weight excluding hydrogens is 349 g/mol. The summed E-state index contributed by atoms with van der Waals surface area (Å²) in [6, 6.07) is -1.16. The Kier molecular flexibility index (Phi) is 4.54. The zero-order valence-electron chi connectivity index (χ0n) is 14.1. The van der Waals surface area contributed by atoms with Crippen molar-refractivity contribution in [3.8, 4) is 0 Å². The lowest BCUT2D eigenvalue weighted by Gasteiger charge is -2.48. The molecule has 0 bridgehead atoms. The lowest BCUT2D eigenvalue weighted by molar-refractivity contribution is -0.120. The molecule has 7 nitrogen and oxygen atoms in total. The van der Waals surface area contributed by atoms with Crippen LogP contribution in [0.15, 0.2) is 0 Å². The summed E-state index contributed by atoms with van der Waals surface area (Å²) in [5, 5.41) is 13.8. The highest BCUT2D eigenvalue weighted by molar-refractivity contribution is 7.88. The van der Waals surface area contributed by atoms with E-state index in [4.69, 9.17) is 0 Å². The molecule has 0 aromatic heterocycles. The van der Waals surface area contributed by atoms with E-state index in [1.165, 1.54) is 0 Å². The monoisotopic (exact) mass is 375 g/mol. The molecule has 1 amide bonds. The second kappa shape index (κ2) is 6.44. The summed E-state index contributed by atoms with van der Waals surface area (Å²) in [7, 11) is -4.04. The fourth-order valence-corrected chi connectivity index (χ4v) is 6.82. The molecule has 2 heterocycles. The fourth-order valence-electron chi connectivity index (χ4n) is 5.49. The molecule has 0 aromatic carbocycles. The van der Waals surface area contributed by atoms with Gasteiger partial charge in [0, 0.05) is 0 Å². The van der Waals surface area contributed by atoms with Crippen LogP contribution in [0.3, 0.4) is 0 Å². The van der Waals surface area contributed by atoms with Gasteiger partial charge >= 0.3 is 10.2 Å². The fraction of sp³-hybridized carbons (Fsp3) is 0.938. The molecule has 2 aliphatic carbocycles. The third-order valence-electron chi connectivity index (χ3n) is 6.71. The number of aliphatic hydroxyl groups excluding tert-OH is 1. The highest BCUT2D eigenvalue weighted by atomic mass is 32.2. The number of carbonyl (C=O) groups excluding carboxylic acids is 1. The number of rotatable bonds is 2. The van der Waals surface area contributed by atoms with Gasteiger partial charge in [0.15, 0.2) is 0 Å². The van der Waals surface area contributed by atoms with E-state index in [9.17, 15) is 18.3 Å². The van der Waals surface area contributed by atoms with Gasteiger partial charge in [-0.1, -0.05) is 0 Å². The number of carbonyl (C=O) groups is 1. The third-order valence-corrected chi connectivity index (χ3v) is 8.19. The second-order valence-corrected chi connectivity index (χ2v) is 9.69. The van der Waals surface area contributed by atoms with Crippen molar-refractivity contribution in [2.45, 2.75) is 50.4 Å². The zero-order chi connectivity index (χ0) is 17.8. The molecule has 0 aromatic rings. The first-order valence-corrected chi connectivity index (χ1v) is 10.7. The molecule has 4 fully saturated rings. The predicted octanol–water partition coefficient (Wildman–Crippen LogP) is -0.224. The molecule has 2 saturated carbocycles. The van der Waals surface area contributed by atoms with Gasteiger partial charge in [-0.3, -0.25) is 4.79 Å². The van der Waals surface area contributed by atoms with E-state index in [1.54, 1.807) is 0 Å². The van der Waals surface area contributed by atoms with Gasteiger partial charge in [0.1, 0.15) is 6.17 Å². The average molecular weight is 375 g/mol. The maximum Gasteiger partial charge on any atom is 0.304 e. The van der Waals surface area contributed by atoms with Gasteiger partial charge in [-0.05, 0) is 68.9 Å². The molecule has 6 unspecified atom stereocenters. The molecular formula is C16H26FN3O4S. The summed E-state index contributed by atoms with van der Waals surface area (Å²) in [6.07, 6.45) is 1.71. The van der Waals surface area contributed by atoms with Crippen molar-refractivity contribution in [2.24, 2.45) is 23.7 Å². The number of alkyl halides is 1. The SMILES string of the molecule is O=C1CN(C2C(O)CC3CCC([C@H]4CCNC4)CC3C2F)S(=O)(=O)N1. The van der Waals surface area contributed by atoms with Crippen molar-refractivity contribution < 1.29 is 22.7 Å². The molecule has 25 heavy (non-hydrogen) atoms. The van der Waals surface area contributed by atoms with Gasteiger partial charge in [0.2, 0.25) is 5.91 Å². The van der Waals surface area contributed by atoms with Gasteiger partial charge in [-0.25, -0.2) is 9.11 Å². The first-order valence-electron chi connectivity index (χ1n) is 9.22. The molecule has 142 valence electrons. The van der Waals surface area contributed by atoms with Crippen molar-refractivity contribution in [1.29, 1.82) is 0 Å². The van der Waals surface area contributed by atoms with Gasteiger partial charge in [-0.15, -0.1) is 0 Å². The molecule has 4 aliphatic rings. The Morgan fingerprint density at radius 1 is 1.12 bits per heavy atom. The molecule has 2 aliphatic heterocycles. The van der Waals surface area contributed by atoms with Crippen molar-refractivity contribution in [2.75, 3.05) is 19.6 Å². The standard InChI is InChI=1S/C16H26FN3O4S/c17-15-12-5-9(11-3-4-18-7-11)1-2-10(12)6-13(21)16(15)20-8-14(22)19-25(20,23)24/h9-13,15-16,18,21H,1-8H2,(H,19,22)/t9?,10?,11-,12?,13?,15?,16?/m0/s1. The van der Waals surface area contributed by atoms with E-state index < -0.39 is 41.0 Å². The van der Waals surface area contributed by atoms with Gasteiger partial charge < -0.3 is 10.4 Å². The Labute approximate surface area is 147 Å². The zero-order valence-corrected chi connectivity index (χ0v) is 14.9. The highest BCUT2D eigenvalue weighted by Crippen LogP contribution is 2.48. The highest BCUT2D eigenvalue weighted by Gasteiger charge is 2.54. The number of hydrogen-bond donors (Lipinski definition) is 3. The summed E-state index contributed by atoms with van der Waals surface area (Å²) >= 11 is 0. The van der Waals surface area contributed by atoms with E-state index in [0.29, 0.717) is 18.3 Å². The minimum Gasteiger partial charge on any atom is -0.391 e. The first-order chi connectivity index (χ1) is 11.9. The van der Waals surface area contributed by atoms with Crippen molar-refractivity contribution in [1.82, 2.24) is 14.3 Å². The Morgan fingerprint density at radius 3 is 2.52 bits per heavy atom. The lowest BCUT2D eigenvalue weighted by Crippen LogP contribution is -2.59. The van der Waals surface area contributed by atoms with Crippen LogP contribution >= 0.6 is 0 Å². The number of fused-ring (bicyclic) bond motifs is 1. The van der Waals surface area contributed by atoms with Gasteiger partial charge in [0.05, 0.1) is 18.7 Å². The van der Waals surface area contributed by atoms with Crippen LogP contribution in [0.4, 0.5) is 4.39 Å². The Balaban J connectivity index is 1.54. The van der Waals surface area contributed by atoms with E-state index in [1.807, 2.05) is 4.72 Å². The number of amides is 1. The molecule has 3 N–H and O–H groups in total. The molecule has 0 radical (unpaired) electrons. The van der Waals surface area contributed by atoms with Crippen LogP contribution in [0.2, 0.25) is 0 Å². The molecule has 4 rings (SSSR count). The Morgan fingerprint density at radius 2 is 1.88 bits per heavy atom. The van der Waals surface area contributed by atoms with Gasteiger partial charge in [-0.2, -0.15) is 12.7 Å². The van der Waals surface area contributed by atoms with Crippen molar-refractivity contribution in [3.05, 3.63) is 0 Å². The summed E-state index contributed by atoms with van der Waals surface area (Å²) in [4.78, 5) is 11.5. The number of halogens is 1. The van der Waals surface area contributed by atoms with Crippen LogP contribution in [-0.2, 0) is 15.0 Å². The van der Waals surface area contributed by atoms with Crippen LogP contribution in [0, 0.1) is 23.7 Å². The van der Waals surface area contributed by atoms with Crippen LogP contribution in [0.1, 0.15) is 32.1 Å². The van der Waals surface area contributed by atoms with Crippen LogP contribution in [-0.4, -0.2) is 61.7 Å². The topological polar surface area (TPSA) is 98.7 Å². The number of nitrogens with one attached hydrogen (secondary N) is 2. The minimum atomic E-state index is -4.04. The van der Waals surface area contributed by atoms with Crippen LogP contribution in [0.5, 0.6) is 0 Å². The number of aliphatic hydroxyl groups is 1. The smallest absolute Gasteiger partial charge is 0.304 e. The summed E-state index contributed by atoms with van der Waals surface area (Å²) in [6.45, 7) is 1.58. The lowest BCUT2D eigenvalue weighted by atomic mass is 9.62. The molecule has 7 atom stereocenters. The van der Waals surface area contributed by atoms with Crippen molar-refractivity contribution >= 4 is 16.1 Å². The van der Waals surface area contributed by atoms with Gasteiger partial charge in [0.25, 0.3) is 0 Å². The summed E-state index contributed by atoms with van der Waals surface area (Å²) in [5.74, 6) is 0.220. The average Bonchev–Trinajstić information content (AvgIpc) is 3.15. The molecule has 0 spiro atoms. The predicted molar refractivity (Wildman–Crippen MR) is 88.4 cm³/mol. The Bertz CT molecular complexity index is 639. The van der Waals surface area contributed by atoms with Crippen molar-refractivity contribution in [3.63, 3.8) is 0 Å². The quantitative estimate of drug-likeness (QED) is 0.620. The maximum atomic E-state index is 15.4. The normalized spacial score (nSPS) is 47.4. The van der Waals surface area contributed by atoms with E-state index >= 15 is 4.39 Å². The Hall–Kier alpha value is -0.770. The molecule has 2 saturated heterocycles. The largest absolute Gasteiger partial charge is 0.391 e. The van der Waals surface area contributed by atoms with E-state index in [-0.39, 0.29) is 11.8 Å². The summed E-state index contributed by atoms with van der Waals surface area (Å²) in [5.41, 5.74) is 0. The molecule has 9 heteroatoms. The minimum absolute atomic E-state index is 0.0980. The maximum absolute atomic E-state index is 15.4. The third kappa shape index (κ3) is 3.09. The summed E-state index contributed by atoms with van der Waals surface area (Å²) < 4.78 is 42.3. The number of nitrogens with zero attached hydrogens (tertiary/aromatic N) is 1. The van der Waals surface area contributed by atoms with Crippen LogP contribution in [0.25, 0.3) is 0 Å². The van der Waals surface area contributed by atoms with E-state index in [2.05, 4.69) is 5.32 Å². The number of hydrogen-bond acceptors (Lipinski definition) is 5. The van der Waals surface area contributed by atoms with E-state index in [0.717, 1.165) is 43.1 Å². The first kappa shape index (κ1) is 17.6. The van der Waals surface area contributed by atoms with Crippen LogP contribution < -0.4 is 10.0 Å².